The van der Waals surface area contributed by atoms with Crippen molar-refractivity contribution in [3.8, 4) is 5.82 Å². The minimum atomic E-state index is -0.766. The number of esters is 1. The lowest BCUT2D eigenvalue weighted by Gasteiger charge is -2.09. The molecule has 3 heterocycles. The van der Waals surface area contributed by atoms with Crippen LogP contribution >= 0.6 is 0 Å². The number of rotatable bonds is 6. The zero-order chi connectivity index (χ0) is 23.0. The fourth-order valence-electron chi connectivity index (χ4n) is 3.73. The summed E-state index contributed by atoms with van der Waals surface area (Å²) < 4.78 is 13.4. The predicted octanol–water partition coefficient (Wildman–Crippen LogP) is 3.16. The number of ether oxygens (including phenoxy) is 1. The highest BCUT2D eigenvalue weighted by atomic mass is 16.5. The van der Waals surface area contributed by atoms with Gasteiger partial charge in [-0.05, 0) is 39.8 Å². The normalized spacial score (nSPS) is 11.1. The van der Waals surface area contributed by atoms with Gasteiger partial charge in [-0.2, -0.15) is 5.10 Å². The van der Waals surface area contributed by atoms with Crippen LogP contribution in [0.5, 0.6) is 0 Å². The van der Waals surface area contributed by atoms with Crippen molar-refractivity contribution in [2.75, 3.05) is 6.61 Å². The lowest BCUT2D eigenvalue weighted by Crippen LogP contribution is -2.26. The van der Waals surface area contributed by atoms with E-state index in [9.17, 15) is 14.4 Å². The van der Waals surface area contributed by atoms with E-state index in [1.165, 1.54) is 4.68 Å². The minimum Gasteiger partial charge on any atom is -0.452 e. The molecule has 0 aliphatic heterocycles. The molecular formula is C23H22N4O5. The number of carbonyl (C=O) groups is 2. The van der Waals surface area contributed by atoms with Gasteiger partial charge in [-0.15, -0.1) is 0 Å². The predicted molar refractivity (Wildman–Crippen MR) is 116 cm³/mol. The van der Waals surface area contributed by atoms with Crippen LogP contribution in [0.2, 0.25) is 0 Å². The maximum absolute atomic E-state index is 12.8. The molecule has 32 heavy (non-hydrogen) atoms. The Morgan fingerprint density at radius 1 is 1.09 bits per heavy atom. The molecule has 0 saturated heterocycles. The Bertz CT molecular complexity index is 1410. The molecule has 3 aromatic heterocycles. The van der Waals surface area contributed by atoms with E-state index in [1.807, 2.05) is 6.92 Å². The van der Waals surface area contributed by atoms with E-state index >= 15 is 0 Å². The van der Waals surface area contributed by atoms with E-state index < -0.39 is 12.6 Å². The molecule has 9 heteroatoms. The Kier molecular flexibility index (Phi) is 5.48. The average molecular weight is 434 g/mol. The van der Waals surface area contributed by atoms with Crippen LogP contribution < -0.4 is 5.56 Å². The van der Waals surface area contributed by atoms with Gasteiger partial charge in [0.05, 0.1) is 5.39 Å². The van der Waals surface area contributed by atoms with Crippen LogP contribution in [0.15, 0.2) is 45.7 Å². The molecule has 0 unspecified atom stereocenters. The number of hydrogen-bond acceptors (Lipinski definition) is 7. The Morgan fingerprint density at radius 2 is 1.81 bits per heavy atom. The third-order valence-electron chi connectivity index (χ3n) is 5.27. The minimum absolute atomic E-state index is 0.00149. The van der Waals surface area contributed by atoms with E-state index in [0.717, 1.165) is 5.69 Å². The van der Waals surface area contributed by atoms with Gasteiger partial charge in [-0.25, -0.2) is 9.48 Å². The Labute approximate surface area is 183 Å². The topological polar surface area (TPSA) is 109 Å². The summed E-state index contributed by atoms with van der Waals surface area (Å²) in [6.07, 6.45) is 0. The quantitative estimate of drug-likeness (QED) is 0.339. The van der Waals surface area contributed by atoms with Gasteiger partial charge in [-0.1, -0.05) is 23.4 Å². The highest BCUT2D eigenvalue weighted by Crippen LogP contribution is 2.21. The van der Waals surface area contributed by atoms with E-state index in [1.54, 1.807) is 61.7 Å². The maximum atomic E-state index is 12.8. The van der Waals surface area contributed by atoms with Crippen LogP contribution in [0.4, 0.5) is 0 Å². The number of carbonyl (C=O) groups excluding carboxylic acids is 2. The second kappa shape index (κ2) is 8.26. The lowest BCUT2D eigenvalue weighted by molar-refractivity contribution is 0.0468. The van der Waals surface area contributed by atoms with Gasteiger partial charge in [0.1, 0.15) is 5.76 Å². The molecule has 0 spiro atoms. The van der Waals surface area contributed by atoms with E-state index in [0.29, 0.717) is 40.2 Å². The van der Waals surface area contributed by atoms with E-state index in [2.05, 4.69) is 10.3 Å². The first-order valence-corrected chi connectivity index (χ1v) is 10.1. The molecule has 9 nitrogen and oxygen atoms in total. The Balaban J connectivity index is 1.59. The second-order valence-corrected chi connectivity index (χ2v) is 7.43. The largest absolute Gasteiger partial charge is 0.452 e. The summed E-state index contributed by atoms with van der Waals surface area (Å²) in [6.45, 7) is 7.03. The summed E-state index contributed by atoms with van der Waals surface area (Å²) in [5, 5.41) is 8.90. The number of aromatic nitrogens is 4. The molecule has 0 N–H and O–H groups in total. The van der Waals surface area contributed by atoms with Crippen LogP contribution in [-0.4, -0.2) is 37.9 Å². The Hall–Kier alpha value is -4.01. The second-order valence-electron chi connectivity index (χ2n) is 7.43. The summed E-state index contributed by atoms with van der Waals surface area (Å²) >= 11 is 0. The molecular weight excluding hydrogens is 412 g/mol. The molecule has 0 bridgehead atoms. The van der Waals surface area contributed by atoms with Crippen molar-refractivity contribution in [1.82, 2.24) is 19.5 Å². The van der Waals surface area contributed by atoms with Crippen LogP contribution in [0, 0.1) is 20.8 Å². The SMILES string of the molecule is CCn1nc(C(=O)OCC(=O)c2cc(C)n(-c3cc(C)on3)c2C)c2ccccc2c1=O. The van der Waals surface area contributed by atoms with Gasteiger partial charge in [-0.3, -0.25) is 14.2 Å². The van der Waals surface area contributed by atoms with Gasteiger partial charge in [0.25, 0.3) is 5.56 Å². The third-order valence-corrected chi connectivity index (χ3v) is 5.27. The smallest absolute Gasteiger partial charge is 0.359 e. The number of benzene rings is 1. The van der Waals surface area contributed by atoms with Crippen LogP contribution in [0.25, 0.3) is 16.6 Å². The number of ketones is 1. The molecule has 4 rings (SSSR count). The summed E-state index contributed by atoms with van der Waals surface area (Å²) in [6, 6.07) is 10.2. The van der Waals surface area contributed by atoms with Crippen molar-refractivity contribution in [2.24, 2.45) is 0 Å². The fourth-order valence-corrected chi connectivity index (χ4v) is 3.73. The zero-order valence-corrected chi connectivity index (χ0v) is 18.2. The average Bonchev–Trinajstić information content (AvgIpc) is 3.34. The molecule has 164 valence electrons. The first-order valence-electron chi connectivity index (χ1n) is 10.1. The Morgan fingerprint density at radius 3 is 2.47 bits per heavy atom. The highest BCUT2D eigenvalue weighted by molar-refractivity contribution is 6.04. The van der Waals surface area contributed by atoms with Gasteiger partial charge in [0, 0.05) is 34.9 Å². The molecule has 0 aliphatic rings. The van der Waals surface area contributed by atoms with Gasteiger partial charge in [0.15, 0.2) is 18.1 Å². The number of fused-ring (bicyclic) bond motifs is 1. The fraction of sp³-hybridized carbons (Fsp3) is 0.261. The van der Waals surface area contributed by atoms with Gasteiger partial charge >= 0.3 is 5.97 Å². The number of hydrogen-bond donors (Lipinski definition) is 0. The molecule has 1 aromatic carbocycles. The van der Waals surface area contributed by atoms with Gasteiger partial charge < -0.3 is 9.26 Å². The van der Waals surface area contributed by atoms with Crippen molar-refractivity contribution in [3.63, 3.8) is 0 Å². The van der Waals surface area contributed by atoms with Crippen molar-refractivity contribution >= 4 is 22.5 Å². The van der Waals surface area contributed by atoms with Crippen molar-refractivity contribution in [2.45, 2.75) is 34.2 Å². The molecule has 0 fully saturated rings. The van der Waals surface area contributed by atoms with Crippen molar-refractivity contribution in [1.29, 1.82) is 0 Å². The monoisotopic (exact) mass is 434 g/mol. The van der Waals surface area contributed by atoms with Crippen LogP contribution in [0.3, 0.4) is 0 Å². The molecule has 4 aromatic rings. The summed E-state index contributed by atoms with van der Waals surface area (Å²) in [7, 11) is 0. The lowest BCUT2D eigenvalue weighted by atomic mass is 10.1. The van der Waals surface area contributed by atoms with Crippen molar-refractivity contribution in [3.05, 3.63) is 75.2 Å². The summed E-state index contributed by atoms with van der Waals surface area (Å²) in [5.41, 5.74) is 1.60. The third kappa shape index (κ3) is 3.62. The number of Topliss-reactive ketones (excluding diaryl/α,β-unsaturated/α-hetero) is 1. The molecule has 0 aliphatic carbocycles. The maximum Gasteiger partial charge on any atom is 0.359 e. The first-order chi connectivity index (χ1) is 15.3. The summed E-state index contributed by atoms with van der Waals surface area (Å²) in [5.74, 6) is 0.109. The molecule has 0 radical (unpaired) electrons. The molecule has 0 amide bonds. The molecule has 0 atom stereocenters. The van der Waals surface area contributed by atoms with Crippen LogP contribution in [0.1, 0.15) is 44.9 Å². The highest BCUT2D eigenvalue weighted by Gasteiger charge is 2.22. The van der Waals surface area contributed by atoms with E-state index in [4.69, 9.17) is 9.26 Å². The first kappa shape index (κ1) is 21.2. The van der Waals surface area contributed by atoms with E-state index in [-0.39, 0.29) is 17.0 Å². The molecule has 0 saturated carbocycles. The zero-order valence-electron chi connectivity index (χ0n) is 18.2. The number of aryl methyl sites for hydroxylation is 3. The van der Waals surface area contributed by atoms with Gasteiger partial charge in [0.2, 0.25) is 5.78 Å². The van der Waals surface area contributed by atoms with Crippen LogP contribution in [-0.2, 0) is 11.3 Å². The summed E-state index contributed by atoms with van der Waals surface area (Å²) in [4.78, 5) is 38.1. The standard InChI is InChI=1S/C23H22N4O5/c1-5-26-22(29)17-9-7-6-8-16(17)21(24-26)23(30)31-12-19(28)18-10-13(2)27(15(18)4)20-11-14(3)32-25-20/h6-11H,5,12H2,1-4H3. The number of nitrogens with zero attached hydrogens (tertiary/aromatic N) is 4. The van der Waals surface area contributed by atoms with Crippen molar-refractivity contribution < 1.29 is 18.8 Å².